The Kier molecular flexibility index (Phi) is 52.8. The van der Waals surface area contributed by atoms with Gasteiger partial charge in [-0.15, -0.1) is 0 Å². The van der Waals surface area contributed by atoms with Crippen LogP contribution in [0.5, 0.6) is 0 Å². The Morgan fingerprint density at radius 1 is 0.296 bits per heavy atom. The topological polar surface area (TPSA) is 93.1 Å². The Labute approximate surface area is 337 Å². The molecule has 0 aromatic rings. The van der Waals surface area contributed by atoms with Crippen molar-refractivity contribution in [3.05, 3.63) is 0 Å². The predicted octanol–water partition coefficient (Wildman–Crippen LogP) is 14.7. The maximum absolute atomic E-state index is 12.0. The van der Waals surface area contributed by atoms with Crippen molar-refractivity contribution in [2.75, 3.05) is 26.4 Å². The molecule has 0 heterocycles. The van der Waals surface area contributed by atoms with Crippen LogP contribution in [-0.2, 0) is 19.1 Å². The lowest BCUT2D eigenvalue weighted by atomic mass is 10.0. The molecule has 0 fully saturated rings. The first-order valence-corrected chi connectivity index (χ1v) is 24.1. The van der Waals surface area contributed by atoms with E-state index >= 15 is 0 Å². The fourth-order valence-electron chi connectivity index (χ4n) is 7.15. The Hall–Kier alpha value is -1.14. The summed E-state index contributed by atoms with van der Waals surface area (Å²) >= 11 is 0. The fraction of sp³-hybridized carbons (Fsp3) is 0.958. The van der Waals surface area contributed by atoms with Gasteiger partial charge in [0.2, 0.25) is 0 Å². The van der Waals surface area contributed by atoms with Gasteiger partial charge in [-0.3, -0.25) is 9.59 Å². The molecule has 0 aromatic carbocycles. The summed E-state index contributed by atoms with van der Waals surface area (Å²) in [6.45, 7) is 4.69. The summed E-state index contributed by atoms with van der Waals surface area (Å²) in [5.74, 6) is -0.321. The molecule has 2 N–H and O–H groups in total. The van der Waals surface area contributed by atoms with Gasteiger partial charge in [0.15, 0.2) is 0 Å². The van der Waals surface area contributed by atoms with Gasteiger partial charge in [-0.1, -0.05) is 245 Å². The summed E-state index contributed by atoms with van der Waals surface area (Å²) < 4.78 is 10.5. The SMILES string of the molecule is CCCCCCCCCCCCCCCCCCCCCC(=O)OCCOC(=O)CCCCCCCCCCCCCCCCCCCCC.OCCO. The Bertz CT molecular complexity index is 641. The average molecular weight is 769 g/mol. The zero-order valence-electron chi connectivity index (χ0n) is 36.6. The molecular weight excluding hydrogens is 673 g/mol. The lowest BCUT2D eigenvalue weighted by Gasteiger charge is -2.07. The van der Waals surface area contributed by atoms with Crippen molar-refractivity contribution in [1.82, 2.24) is 0 Å². The van der Waals surface area contributed by atoms with Gasteiger partial charge >= 0.3 is 11.9 Å². The molecule has 54 heavy (non-hydrogen) atoms. The molecule has 0 saturated carbocycles. The smallest absolute Gasteiger partial charge is 0.305 e. The molecule has 0 aliphatic rings. The summed E-state index contributed by atoms with van der Waals surface area (Å²) in [6.07, 6.45) is 52.3. The first kappa shape index (κ1) is 55.0. The minimum Gasteiger partial charge on any atom is -0.462 e. The van der Waals surface area contributed by atoms with E-state index in [1.165, 1.54) is 218 Å². The quantitative estimate of drug-likeness (QED) is 0.0474. The number of carbonyl (C=O) groups is 2. The largest absolute Gasteiger partial charge is 0.462 e. The monoisotopic (exact) mass is 769 g/mol. The molecule has 0 aliphatic carbocycles. The zero-order chi connectivity index (χ0) is 39.7. The molecule has 324 valence electrons. The first-order valence-electron chi connectivity index (χ1n) is 24.1. The van der Waals surface area contributed by atoms with Crippen molar-refractivity contribution >= 4 is 11.9 Å². The molecule has 0 rings (SSSR count). The van der Waals surface area contributed by atoms with Crippen LogP contribution in [-0.4, -0.2) is 48.6 Å². The van der Waals surface area contributed by atoms with E-state index in [-0.39, 0.29) is 38.4 Å². The average Bonchev–Trinajstić information content (AvgIpc) is 3.18. The minimum absolute atomic E-state index is 0.125. The number of hydrogen-bond acceptors (Lipinski definition) is 6. The van der Waals surface area contributed by atoms with Crippen molar-refractivity contribution in [2.45, 2.75) is 271 Å². The number of ether oxygens (including phenoxy) is 2. The van der Waals surface area contributed by atoms with Crippen LogP contribution in [0.25, 0.3) is 0 Å². The van der Waals surface area contributed by atoms with Crippen molar-refractivity contribution in [2.24, 2.45) is 0 Å². The Balaban J connectivity index is 0. The molecule has 0 aromatic heterocycles. The lowest BCUT2D eigenvalue weighted by Crippen LogP contribution is -2.13. The van der Waals surface area contributed by atoms with Gasteiger partial charge in [0.25, 0.3) is 0 Å². The van der Waals surface area contributed by atoms with Gasteiger partial charge in [-0.05, 0) is 12.8 Å². The lowest BCUT2D eigenvalue weighted by molar-refractivity contribution is -0.152. The number of rotatable bonds is 44. The van der Waals surface area contributed by atoms with Crippen LogP contribution in [0.1, 0.15) is 271 Å². The summed E-state index contributed by atoms with van der Waals surface area (Å²) in [5.41, 5.74) is 0. The number of unbranched alkanes of at least 4 members (excludes halogenated alkanes) is 36. The highest BCUT2D eigenvalue weighted by molar-refractivity contribution is 5.70. The van der Waals surface area contributed by atoms with E-state index in [1.54, 1.807) is 0 Å². The van der Waals surface area contributed by atoms with Crippen LogP contribution in [0.2, 0.25) is 0 Å². The maximum atomic E-state index is 12.0. The molecule has 0 radical (unpaired) electrons. The van der Waals surface area contributed by atoms with Gasteiger partial charge in [0, 0.05) is 12.8 Å². The van der Waals surface area contributed by atoms with Crippen LogP contribution in [0.15, 0.2) is 0 Å². The second-order valence-corrected chi connectivity index (χ2v) is 16.1. The van der Waals surface area contributed by atoms with Crippen molar-refractivity contribution in [1.29, 1.82) is 0 Å². The van der Waals surface area contributed by atoms with Crippen LogP contribution in [0.4, 0.5) is 0 Å². The molecule has 0 saturated heterocycles. The van der Waals surface area contributed by atoms with Crippen LogP contribution in [0.3, 0.4) is 0 Å². The van der Waals surface area contributed by atoms with Crippen molar-refractivity contribution < 1.29 is 29.3 Å². The molecule has 6 heteroatoms. The van der Waals surface area contributed by atoms with E-state index < -0.39 is 0 Å². The normalized spacial score (nSPS) is 11.0. The molecule has 0 aliphatic heterocycles. The van der Waals surface area contributed by atoms with E-state index in [0.717, 1.165) is 25.7 Å². The third kappa shape index (κ3) is 53.0. The predicted molar refractivity (Wildman–Crippen MR) is 232 cm³/mol. The molecule has 0 amide bonds. The second kappa shape index (κ2) is 51.9. The van der Waals surface area contributed by atoms with Gasteiger partial charge in [0.05, 0.1) is 13.2 Å². The second-order valence-electron chi connectivity index (χ2n) is 16.1. The molecule has 6 nitrogen and oxygen atoms in total. The Morgan fingerprint density at radius 3 is 0.630 bits per heavy atom. The molecule has 0 bridgehead atoms. The third-order valence-corrected chi connectivity index (χ3v) is 10.7. The van der Waals surface area contributed by atoms with Crippen molar-refractivity contribution in [3.63, 3.8) is 0 Å². The molecule has 0 unspecified atom stereocenters. The number of esters is 2. The number of carbonyl (C=O) groups excluding carboxylic acids is 2. The molecule has 0 atom stereocenters. The number of aliphatic hydroxyl groups is 2. The fourth-order valence-corrected chi connectivity index (χ4v) is 7.15. The highest BCUT2D eigenvalue weighted by Gasteiger charge is 2.06. The zero-order valence-corrected chi connectivity index (χ0v) is 36.6. The van der Waals surface area contributed by atoms with E-state index in [9.17, 15) is 9.59 Å². The van der Waals surface area contributed by atoms with E-state index in [2.05, 4.69) is 13.8 Å². The van der Waals surface area contributed by atoms with Gasteiger partial charge < -0.3 is 19.7 Å². The van der Waals surface area contributed by atoms with Crippen LogP contribution < -0.4 is 0 Å². The highest BCUT2D eigenvalue weighted by atomic mass is 16.6. The third-order valence-electron chi connectivity index (χ3n) is 10.7. The summed E-state index contributed by atoms with van der Waals surface area (Å²) in [6, 6.07) is 0. The van der Waals surface area contributed by atoms with E-state index in [4.69, 9.17) is 19.7 Å². The summed E-state index contributed by atoms with van der Waals surface area (Å²) in [5, 5.41) is 15.2. The van der Waals surface area contributed by atoms with Crippen LogP contribution in [0, 0.1) is 0 Å². The molecular formula is C48H96O6. The van der Waals surface area contributed by atoms with Gasteiger partial charge in [0.1, 0.15) is 13.2 Å². The standard InChI is InChI=1S/C46H90O4.C2H6O2/c1-3-5-7-9-11-13-15-17-19-21-23-25-27-29-31-33-35-37-39-41-45(47)49-43-44-50-46(48)42-40-38-36-34-32-30-28-26-24-22-20-18-16-14-12-10-8-6-4-2;3-1-2-4/h3-44H2,1-2H3;3-4H,1-2H2. The summed E-state index contributed by atoms with van der Waals surface area (Å²) in [4.78, 5) is 23.9. The molecule has 0 spiro atoms. The van der Waals surface area contributed by atoms with Gasteiger partial charge in [-0.2, -0.15) is 0 Å². The maximum Gasteiger partial charge on any atom is 0.305 e. The van der Waals surface area contributed by atoms with E-state index in [0.29, 0.717) is 12.8 Å². The van der Waals surface area contributed by atoms with E-state index in [1.807, 2.05) is 0 Å². The van der Waals surface area contributed by atoms with Gasteiger partial charge in [-0.25, -0.2) is 0 Å². The van der Waals surface area contributed by atoms with Crippen LogP contribution >= 0.6 is 0 Å². The number of aliphatic hydroxyl groups excluding tert-OH is 2. The first-order chi connectivity index (χ1) is 26.6. The minimum atomic E-state index is -0.160. The highest BCUT2D eigenvalue weighted by Crippen LogP contribution is 2.17. The number of hydrogen-bond donors (Lipinski definition) is 2. The summed E-state index contributed by atoms with van der Waals surface area (Å²) in [7, 11) is 0. The van der Waals surface area contributed by atoms with Crippen molar-refractivity contribution in [3.8, 4) is 0 Å². The Morgan fingerprint density at radius 2 is 0.463 bits per heavy atom.